The normalized spacial score (nSPS) is 14.2. The van der Waals surface area contributed by atoms with E-state index in [9.17, 15) is 18.0 Å². The van der Waals surface area contributed by atoms with Crippen LogP contribution >= 0.6 is 0 Å². The Morgan fingerprint density at radius 1 is 1.13 bits per heavy atom. The number of nitrogens with zero attached hydrogens (tertiary/aromatic N) is 6. The third kappa shape index (κ3) is 4.26. The van der Waals surface area contributed by atoms with Gasteiger partial charge in [-0.15, -0.1) is 0 Å². The summed E-state index contributed by atoms with van der Waals surface area (Å²) in [6.45, 7) is 0.671. The Morgan fingerprint density at radius 3 is 2.70 bits per heavy atom. The second kappa shape index (κ2) is 7.89. The van der Waals surface area contributed by atoms with E-state index in [1.165, 1.54) is 24.9 Å². The molecule has 0 bridgehead atoms. The molecule has 12 heteroatoms. The van der Waals surface area contributed by atoms with Crippen LogP contribution in [0.1, 0.15) is 16.1 Å². The lowest BCUT2D eigenvalue weighted by molar-refractivity contribution is -0.137. The van der Waals surface area contributed by atoms with Gasteiger partial charge in [-0.1, -0.05) is 0 Å². The van der Waals surface area contributed by atoms with Crippen LogP contribution in [0.5, 0.6) is 5.88 Å². The SMILES string of the molecule is O=C(Nc1ccnnc1)c1ncncc1N1CC(Oc2cc(C(F)(F)F)ccn2)C1. The molecule has 0 atom stereocenters. The van der Waals surface area contributed by atoms with Gasteiger partial charge in [-0.2, -0.15) is 23.4 Å². The Bertz CT molecular complexity index is 1040. The number of rotatable bonds is 5. The maximum Gasteiger partial charge on any atom is 0.416 e. The Balaban J connectivity index is 1.41. The number of anilines is 2. The second-order valence-electron chi connectivity index (χ2n) is 6.37. The molecule has 1 saturated heterocycles. The molecule has 0 saturated carbocycles. The molecule has 154 valence electrons. The van der Waals surface area contributed by atoms with E-state index in [2.05, 4.69) is 30.5 Å². The van der Waals surface area contributed by atoms with Gasteiger partial charge in [0.2, 0.25) is 5.88 Å². The van der Waals surface area contributed by atoms with Crippen LogP contribution in [-0.4, -0.2) is 50.2 Å². The van der Waals surface area contributed by atoms with Gasteiger partial charge in [-0.3, -0.25) is 4.79 Å². The first-order valence-corrected chi connectivity index (χ1v) is 8.73. The molecule has 4 rings (SSSR count). The average molecular weight is 417 g/mol. The quantitative estimate of drug-likeness (QED) is 0.674. The first kappa shape index (κ1) is 19.5. The smallest absolute Gasteiger partial charge is 0.416 e. The standard InChI is InChI=1S/C18H14F3N7O2/c19-18(20,21)11-1-3-23-15(5-11)30-13-8-28(9-13)14-7-22-10-24-16(14)17(29)27-12-2-4-25-26-6-12/h1-7,10,13H,8-9H2,(H,25,27,29). The van der Waals surface area contributed by atoms with Crippen LogP contribution in [0.3, 0.4) is 0 Å². The highest BCUT2D eigenvalue weighted by Gasteiger charge is 2.34. The predicted octanol–water partition coefficient (Wildman–Crippen LogP) is 2.20. The maximum atomic E-state index is 12.8. The third-order valence-electron chi connectivity index (χ3n) is 4.29. The zero-order valence-electron chi connectivity index (χ0n) is 15.2. The number of hydrogen-bond donors (Lipinski definition) is 1. The Kier molecular flexibility index (Phi) is 5.12. The van der Waals surface area contributed by atoms with E-state index < -0.39 is 17.6 Å². The van der Waals surface area contributed by atoms with Gasteiger partial charge in [-0.25, -0.2) is 15.0 Å². The topological polar surface area (TPSA) is 106 Å². The molecule has 4 heterocycles. The molecule has 3 aromatic rings. The van der Waals surface area contributed by atoms with Gasteiger partial charge in [0, 0.05) is 12.3 Å². The van der Waals surface area contributed by atoms with Crippen LogP contribution in [0.2, 0.25) is 0 Å². The van der Waals surface area contributed by atoms with Crippen molar-refractivity contribution in [3.63, 3.8) is 0 Å². The molecule has 0 spiro atoms. The minimum atomic E-state index is -4.47. The van der Waals surface area contributed by atoms with Gasteiger partial charge in [-0.05, 0) is 12.1 Å². The molecule has 0 aromatic carbocycles. The van der Waals surface area contributed by atoms with Crippen molar-refractivity contribution in [2.45, 2.75) is 12.3 Å². The monoisotopic (exact) mass is 417 g/mol. The lowest BCUT2D eigenvalue weighted by atomic mass is 10.1. The number of amides is 1. The summed E-state index contributed by atoms with van der Waals surface area (Å²) >= 11 is 0. The Labute approximate surface area is 168 Å². The molecule has 3 aromatic heterocycles. The summed E-state index contributed by atoms with van der Waals surface area (Å²) < 4.78 is 44.0. The van der Waals surface area contributed by atoms with Crippen molar-refractivity contribution in [1.29, 1.82) is 0 Å². The molecular formula is C18H14F3N7O2. The fourth-order valence-corrected chi connectivity index (χ4v) is 2.81. The number of aromatic nitrogens is 5. The van der Waals surface area contributed by atoms with E-state index in [0.29, 0.717) is 24.5 Å². The zero-order valence-corrected chi connectivity index (χ0v) is 15.2. The number of pyridine rings is 1. The molecule has 0 unspecified atom stereocenters. The first-order valence-electron chi connectivity index (χ1n) is 8.73. The average Bonchev–Trinajstić information content (AvgIpc) is 2.71. The van der Waals surface area contributed by atoms with Gasteiger partial charge >= 0.3 is 6.18 Å². The summed E-state index contributed by atoms with van der Waals surface area (Å²) in [4.78, 5) is 26.2. The van der Waals surface area contributed by atoms with Crippen molar-refractivity contribution in [1.82, 2.24) is 25.1 Å². The largest absolute Gasteiger partial charge is 0.471 e. The van der Waals surface area contributed by atoms with E-state index >= 15 is 0 Å². The van der Waals surface area contributed by atoms with E-state index in [-0.39, 0.29) is 17.7 Å². The minimum Gasteiger partial charge on any atom is -0.471 e. The molecule has 1 fully saturated rings. The van der Waals surface area contributed by atoms with Crippen molar-refractivity contribution in [2.75, 3.05) is 23.3 Å². The number of alkyl halides is 3. The second-order valence-corrected chi connectivity index (χ2v) is 6.37. The number of nitrogens with one attached hydrogen (secondary N) is 1. The van der Waals surface area contributed by atoms with Crippen molar-refractivity contribution in [3.05, 3.63) is 60.6 Å². The molecule has 9 nitrogen and oxygen atoms in total. The van der Waals surface area contributed by atoms with Gasteiger partial charge in [0.1, 0.15) is 12.4 Å². The number of halogens is 3. The van der Waals surface area contributed by atoms with E-state index in [0.717, 1.165) is 18.3 Å². The molecule has 1 amide bonds. The van der Waals surface area contributed by atoms with E-state index in [1.54, 1.807) is 11.0 Å². The summed E-state index contributed by atoms with van der Waals surface area (Å²) in [7, 11) is 0. The molecule has 0 radical (unpaired) electrons. The number of hydrogen-bond acceptors (Lipinski definition) is 8. The predicted molar refractivity (Wildman–Crippen MR) is 97.9 cm³/mol. The fourth-order valence-electron chi connectivity index (χ4n) is 2.81. The van der Waals surface area contributed by atoms with Crippen molar-refractivity contribution in [3.8, 4) is 5.88 Å². The van der Waals surface area contributed by atoms with Gasteiger partial charge in [0.15, 0.2) is 5.69 Å². The third-order valence-corrected chi connectivity index (χ3v) is 4.29. The van der Waals surface area contributed by atoms with E-state index in [1.807, 2.05) is 0 Å². The lowest BCUT2D eigenvalue weighted by Crippen LogP contribution is -2.54. The highest BCUT2D eigenvalue weighted by Crippen LogP contribution is 2.31. The zero-order chi connectivity index (χ0) is 21.1. The Hall–Kier alpha value is -3.83. The Morgan fingerprint density at radius 2 is 1.97 bits per heavy atom. The van der Waals surface area contributed by atoms with Crippen LogP contribution in [0.15, 0.2) is 49.3 Å². The van der Waals surface area contributed by atoms with Crippen LogP contribution in [0.25, 0.3) is 0 Å². The summed E-state index contributed by atoms with van der Waals surface area (Å²) in [6, 6.07) is 3.32. The number of carbonyl (C=O) groups is 1. The van der Waals surface area contributed by atoms with Crippen molar-refractivity contribution < 1.29 is 22.7 Å². The van der Waals surface area contributed by atoms with Gasteiger partial charge < -0.3 is 15.0 Å². The number of ether oxygens (including phenoxy) is 1. The van der Waals surface area contributed by atoms with Crippen molar-refractivity contribution >= 4 is 17.3 Å². The van der Waals surface area contributed by atoms with Gasteiger partial charge in [0.05, 0.1) is 48.6 Å². The highest BCUT2D eigenvalue weighted by molar-refractivity contribution is 6.06. The molecular weight excluding hydrogens is 403 g/mol. The fraction of sp³-hybridized carbons (Fsp3) is 0.222. The van der Waals surface area contributed by atoms with Gasteiger partial charge in [0.25, 0.3) is 5.91 Å². The van der Waals surface area contributed by atoms with Crippen LogP contribution in [-0.2, 0) is 6.18 Å². The van der Waals surface area contributed by atoms with Crippen LogP contribution in [0, 0.1) is 0 Å². The summed E-state index contributed by atoms with van der Waals surface area (Å²) in [5, 5.41) is 9.99. The molecule has 1 N–H and O–H groups in total. The number of carbonyl (C=O) groups excluding carboxylic acids is 1. The van der Waals surface area contributed by atoms with Crippen LogP contribution < -0.4 is 15.0 Å². The van der Waals surface area contributed by atoms with Crippen molar-refractivity contribution in [2.24, 2.45) is 0 Å². The maximum absolute atomic E-state index is 12.8. The summed E-state index contributed by atoms with van der Waals surface area (Å²) in [6.07, 6.45) is 1.77. The summed E-state index contributed by atoms with van der Waals surface area (Å²) in [5.74, 6) is -0.564. The molecule has 0 aliphatic carbocycles. The minimum absolute atomic E-state index is 0.109. The molecule has 1 aliphatic rings. The first-order chi connectivity index (χ1) is 14.4. The van der Waals surface area contributed by atoms with Crippen LogP contribution in [0.4, 0.5) is 24.5 Å². The summed E-state index contributed by atoms with van der Waals surface area (Å²) in [5.41, 5.74) is 0.260. The molecule has 1 aliphatic heterocycles. The lowest BCUT2D eigenvalue weighted by Gasteiger charge is -2.40. The highest BCUT2D eigenvalue weighted by atomic mass is 19.4. The molecule has 30 heavy (non-hydrogen) atoms. The van der Waals surface area contributed by atoms with E-state index in [4.69, 9.17) is 4.74 Å².